The van der Waals surface area contributed by atoms with Gasteiger partial charge in [-0.25, -0.2) is 0 Å². The Labute approximate surface area is 150 Å². The van der Waals surface area contributed by atoms with Gasteiger partial charge in [-0.1, -0.05) is 30.1 Å². The molecule has 2 aromatic rings. The van der Waals surface area contributed by atoms with E-state index in [1.165, 1.54) is 4.90 Å². The molecule has 0 spiro atoms. The number of hydrogen-bond acceptors (Lipinski definition) is 3. The first-order valence-electron chi connectivity index (χ1n) is 7.51. The van der Waals surface area contributed by atoms with E-state index in [2.05, 4.69) is 5.32 Å². The fourth-order valence-corrected chi connectivity index (χ4v) is 2.52. The molecule has 0 fully saturated rings. The zero-order chi connectivity index (χ0) is 17.7. The third-order valence-electron chi connectivity index (χ3n) is 3.27. The fraction of sp³-hybridized carbons (Fsp3) is 0.294. The number of carbonyl (C=O) groups excluding carboxylic acids is 2. The summed E-state index contributed by atoms with van der Waals surface area (Å²) in [6.07, 6.45) is 0.719. The van der Waals surface area contributed by atoms with Gasteiger partial charge >= 0.3 is 0 Å². The first-order valence-corrected chi connectivity index (χ1v) is 8.27. The second-order valence-corrected chi connectivity index (χ2v) is 6.15. The molecule has 0 radical (unpaired) electrons. The maximum absolute atomic E-state index is 12.5. The summed E-state index contributed by atoms with van der Waals surface area (Å²) in [5.74, 6) is 0.182. The molecule has 0 atom stereocenters. The smallest absolute Gasteiger partial charge is 0.290 e. The number of aryl methyl sites for hydroxylation is 1. The molecule has 1 aromatic carbocycles. The standard InChI is InChI=1S/C17H18Cl2N2O3/c1-3-8-21(17(23)15-7-4-11(2)24-15)10-16(22)20-14-9-12(18)5-6-13(14)19/h4-7,9H,3,8,10H2,1-2H3,(H,20,22). The van der Waals surface area contributed by atoms with E-state index in [0.29, 0.717) is 28.0 Å². The van der Waals surface area contributed by atoms with Crippen molar-refractivity contribution in [1.82, 2.24) is 4.90 Å². The van der Waals surface area contributed by atoms with E-state index in [9.17, 15) is 9.59 Å². The van der Waals surface area contributed by atoms with E-state index >= 15 is 0 Å². The number of nitrogens with one attached hydrogen (secondary N) is 1. The highest BCUT2D eigenvalue weighted by Crippen LogP contribution is 2.25. The van der Waals surface area contributed by atoms with E-state index in [0.717, 1.165) is 6.42 Å². The van der Waals surface area contributed by atoms with Gasteiger partial charge in [0, 0.05) is 11.6 Å². The van der Waals surface area contributed by atoms with Crippen LogP contribution in [-0.2, 0) is 4.79 Å². The van der Waals surface area contributed by atoms with Crippen LogP contribution in [0.1, 0.15) is 29.7 Å². The Hall–Kier alpha value is -1.98. The molecule has 0 unspecified atom stereocenters. The topological polar surface area (TPSA) is 62.6 Å². The summed E-state index contributed by atoms with van der Waals surface area (Å²) in [4.78, 5) is 26.2. The molecule has 1 N–H and O–H groups in total. The van der Waals surface area contributed by atoms with Gasteiger partial charge in [0.2, 0.25) is 5.91 Å². The normalized spacial score (nSPS) is 10.5. The van der Waals surface area contributed by atoms with Crippen LogP contribution in [0.15, 0.2) is 34.7 Å². The first-order chi connectivity index (χ1) is 11.4. The summed E-state index contributed by atoms with van der Waals surface area (Å²) in [7, 11) is 0. The van der Waals surface area contributed by atoms with Crippen molar-refractivity contribution in [2.24, 2.45) is 0 Å². The van der Waals surface area contributed by atoms with Crippen molar-refractivity contribution < 1.29 is 14.0 Å². The molecule has 5 nitrogen and oxygen atoms in total. The van der Waals surface area contributed by atoms with Crippen molar-refractivity contribution in [1.29, 1.82) is 0 Å². The van der Waals surface area contributed by atoms with Crippen LogP contribution in [0.25, 0.3) is 0 Å². The lowest BCUT2D eigenvalue weighted by molar-refractivity contribution is -0.116. The average molecular weight is 369 g/mol. The van der Waals surface area contributed by atoms with Crippen molar-refractivity contribution >= 4 is 40.7 Å². The summed E-state index contributed by atoms with van der Waals surface area (Å²) < 4.78 is 5.35. The maximum atomic E-state index is 12.5. The molecule has 24 heavy (non-hydrogen) atoms. The predicted molar refractivity (Wildman–Crippen MR) is 94.7 cm³/mol. The Morgan fingerprint density at radius 2 is 1.96 bits per heavy atom. The first kappa shape index (κ1) is 18.4. The number of anilines is 1. The molecule has 0 aliphatic carbocycles. The molecule has 0 saturated heterocycles. The lowest BCUT2D eigenvalue weighted by Crippen LogP contribution is -2.38. The maximum Gasteiger partial charge on any atom is 0.290 e. The van der Waals surface area contributed by atoms with Crippen molar-refractivity contribution in [3.63, 3.8) is 0 Å². The van der Waals surface area contributed by atoms with Crippen LogP contribution in [0, 0.1) is 6.92 Å². The van der Waals surface area contributed by atoms with Gasteiger partial charge in [0.05, 0.1) is 10.7 Å². The number of halogens is 2. The molecular formula is C17H18Cl2N2O3. The molecule has 0 aliphatic rings. The lowest BCUT2D eigenvalue weighted by Gasteiger charge is -2.20. The van der Waals surface area contributed by atoms with Gasteiger partial charge in [0.15, 0.2) is 5.76 Å². The quantitative estimate of drug-likeness (QED) is 0.822. The van der Waals surface area contributed by atoms with Gasteiger partial charge in [0.25, 0.3) is 5.91 Å². The van der Waals surface area contributed by atoms with Crippen molar-refractivity contribution in [2.45, 2.75) is 20.3 Å². The van der Waals surface area contributed by atoms with Gasteiger partial charge in [-0.2, -0.15) is 0 Å². The third-order valence-corrected chi connectivity index (χ3v) is 3.83. The van der Waals surface area contributed by atoms with E-state index in [1.807, 2.05) is 6.92 Å². The van der Waals surface area contributed by atoms with E-state index in [-0.39, 0.29) is 24.1 Å². The molecule has 0 aliphatic heterocycles. The minimum Gasteiger partial charge on any atom is -0.456 e. The second-order valence-electron chi connectivity index (χ2n) is 5.31. The van der Waals surface area contributed by atoms with E-state index < -0.39 is 0 Å². The molecule has 1 heterocycles. The number of carbonyl (C=O) groups is 2. The van der Waals surface area contributed by atoms with Crippen molar-refractivity contribution in [3.8, 4) is 0 Å². The number of furan rings is 1. The highest BCUT2D eigenvalue weighted by atomic mass is 35.5. The van der Waals surface area contributed by atoms with Crippen LogP contribution < -0.4 is 5.32 Å². The van der Waals surface area contributed by atoms with Crippen LogP contribution in [0.5, 0.6) is 0 Å². The molecule has 2 rings (SSSR count). The summed E-state index contributed by atoms with van der Waals surface area (Å²) in [6, 6.07) is 8.10. The number of nitrogens with zero attached hydrogens (tertiary/aromatic N) is 1. The van der Waals surface area contributed by atoms with Crippen LogP contribution in [0.2, 0.25) is 10.0 Å². The number of amides is 2. The van der Waals surface area contributed by atoms with Gasteiger partial charge in [0.1, 0.15) is 12.3 Å². The Balaban J connectivity index is 2.08. The van der Waals surface area contributed by atoms with Gasteiger partial charge in [-0.05, 0) is 43.7 Å². The molecule has 1 aromatic heterocycles. The summed E-state index contributed by atoms with van der Waals surface area (Å²) in [5, 5.41) is 3.51. The largest absolute Gasteiger partial charge is 0.456 e. The second kappa shape index (κ2) is 8.22. The van der Waals surface area contributed by atoms with Gasteiger partial charge < -0.3 is 14.6 Å². The lowest BCUT2D eigenvalue weighted by atomic mass is 10.3. The van der Waals surface area contributed by atoms with Crippen molar-refractivity contribution in [2.75, 3.05) is 18.4 Å². The molecular weight excluding hydrogens is 351 g/mol. The monoisotopic (exact) mass is 368 g/mol. The molecule has 0 bridgehead atoms. The van der Waals surface area contributed by atoms with Gasteiger partial charge in [-0.15, -0.1) is 0 Å². The van der Waals surface area contributed by atoms with E-state index in [1.54, 1.807) is 37.3 Å². The number of rotatable bonds is 6. The van der Waals surface area contributed by atoms with Crippen LogP contribution in [-0.4, -0.2) is 29.8 Å². The Bertz CT molecular complexity index is 743. The minimum atomic E-state index is -0.357. The number of hydrogen-bond donors (Lipinski definition) is 1. The summed E-state index contributed by atoms with van der Waals surface area (Å²) in [5.41, 5.74) is 0.409. The predicted octanol–water partition coefficient (Wildman–Crippen LogP) is 4.39. The molecule has 128 valence electrons. The highest BCUT2D eigenvalue weighted by Gasteiger charge is 2.21. The fourth-order valence-electron chi connectivity index (χ4n) is 2.18. The average Bonchev–Trinajstić information content (AvgIpc) is 2.96. The Morgan fingerprint density at radius 1 is 1.21 bits per heavy atom. The number of benzene rings is 1. The zero-order valence-electron chi connectivity index (χ0n) is 13.4. The third kappa shape index (κ3) is 4.76. The molecule has 7 heteroatoms. The summed E-state index contributed by atoms with van der Waals surface area (Å²) >= 11 is 11.9. The SMILES string of the molecule is CCCN(CC(=O)Nc1cc(Cl)ccc1Cl)C(=O)c1ccc(C)o1. The van der Waals surface area contributed by atoms with Gasteiger partial charge in [-0.3, -0.25) is 9.59 Å². The minimum absolute atomic E-state index is 0.102. The Morgan fingerprint density at radius 3 is 2.58 bits per heavy atom. The molecule has 0 saturated carbocycles. The van der Waals surface area contributed by atoms with E-state index in [4.69, 9.17) is 27.6 Å². The molecule has 2 amide bonds. The zero-order valence-corrected chi connectivity index (χ0v) is 14.9. The Kier molecular flexibility index (Phi) is 6.29. The summed E-state index contributed by atoms with van der Waals surface area (Å²) in [6.45, 7) is 4.03. The van der Waals surface area contributed by atoms with Crippen molar-refractivity contribution in [3.05, 3.63) is 51.9 Å². The van der Waals surface area contributed by atoms with Crippen LogP contribution in [0.3, 0.4) is 0 Å². The highest BCUT2D eigenvalue weighted by molar-refractivity contribution is 6.35. The van der Waals surface area contributed by atoms with Crippen LogP contribution in [0.4, 0.5) is 5.69 Å². The van der Waals surface area contributed by atoms with Crippen LogP contribution >= 0.6 is 23.2 Å².